The summed E-state index contributed by atoms with van der Waals surface area (Å²) in [6.07, 6.45) is 5.97. The van der Waals surface area contributed by atoms with Crippen LogP contribution in [-0.4, -0.2) is 23.8 Å². The first-order valence-electron chi connectivity index (χ1n) is 3.82. The van der Waals surface area contributed by atoms with Gasteiger partial charge in [-0.2, -0.15) is 0 Å². The summed E-state index contributed by atoms with van der Waals surface area (Å²) in [4.78, 5) is 10.1. The summed E-state index contributed by atoms with van der Waals surface area (Å²) in [7, 11) is 0. The van der Waals surface area contributed by atoms with Crippen molar-refractivity contribution in [3.8, 4) is 0 Å². The van der Waals surface area contributed by atoms with Crippen LogP contribution in [0, 0.1) is 0 Å². The normalized spacial score (nSPS) is 25.6. The SMILES string of the molecule is O=C(O)C=C[C@@H]1CCCCO1. The molecule has 0 radical (unpaired) electrons. The second kappa shape index (κ2) is 4.13. The minimum atomic E-state index is -0.904. The molecule has 1 aliphatic rings. The lowest BCUT2D eigenvalue weighted by Crippen LogP contribution is -2.16. The fourth-order valence-corrected chi connectivity index (χ4v) is 1.11. The monoisotopic (exact) mass is 156 g/mol. The minimum Gasteiger partial charge on any atom is -0.478 e. The number of hydrogen-bond acceptors (Lipinski definition) is 2. The molecule has 11 heavy (non-hydrogen) atoms. The lowest BCUT2D eigenvalue weighted by molar-refractivity contribution is -0.131. The molecule has 1 heterocycles. The molecular formula is C8H12O3. The van der Waals surface area contributed by atoms with Crippen LogP contribution in [0.3, 0.4) is 0 Å². The first-order valence-corrected chi connectivity index (χ1v) is 3.82. The van der Waals surface area contributed by atoms with Crippen molar-refractivity contribution in [1.82, 2.24) is 0 Å². The van der Waals surface area contributed by atoms with Crippen LogP contribution in [0.5, 0.6) is 0 Å². The van der Waals surface area contributed by atoms with E-state index in [1.165, 1.54) is 0 Å². The summed E-state index contributed by atoms with van der Waals surface area (Å²) in [5, 5.41) is 8.30. The van der Waals surface area contributed by atoms with Gasteiger partial charge in [-0.1, -0.05) is 0 Å². The molecule has 0 aliphatic carbocycles. The second-order valence-corrected chi connectivity index (χ2v) is 2.60. The van der Waals surface area contributed by atoms with Crippen molar-refractivity contribution < 1.29 is 14.6 Å². The van der Waals surface area contributed by atoms with E-state index in [1.54, 1.807) is 6.08 Å². The summed E-state index contributed by atoms with van der Waals surface area (Å²) in [6, 6.07) is 0. The maximum absolute atomic E-state index is 10.1. The van der Waals surface area contributed by atoms with Crippen molar-refractivity contribution in [2.24, 2.45) is 0 Å². The molecular weight excluding hydrogens is 144 g/mol. The fraction of sp³-hybridized carbons (Fsp3) is 0.625. The van der Waals surface area contributed by atoms with E-state index >= 15 is 0 Å². The molecule has 1 aliphatic heterocycles. The summed E-state index contributed by atoms with van der Waals surface area (Å²) in [5.74, 6) is -0.904. The number of carbonyl (C=O) groups is 1. The molecule has 62 valence electrons. The summed E-state index contributed by atoms with van der Waals surface area (Å²) in [6.45, 7) is 0.759. The predicted molar refractivity (Wildman–Crippen MR) is 40.4 cm³/mol. The Hall–Kier alpha value is -0.830. The van der Waals surface area contributed by atoms with Gasteiger partial charge < -0.3 is 9.84 Å². The van der Waals surface area contributed by atoms with E-state index in [0.29, 0.717) is 0 Å². The van der Waals surface area contributed by atoms with Crippen LogP contribution in [0.25, 0.3) is 0 Å². The Morgan fingerprint density at radius 1 is 1.55 bits per heavy atom. The summed E-state index contributed by atoms with van der Waals surface area (Å²) < 4.78 is 5.28. The predicted octanol–water partition coefficient (Wildman–Crippen LogP) is 1.20. The van der Waals surface area contributed by atoms with Gasteiger partial charge in [-0.3, -0.25) is 0 Å². The third-order valence-electron chi connectivity index (χ3n) is 1.67. The average molecular weight is 156 g/mol. The van der Waals surface area contributed by atoms with Gasteiger partial charge in [-0.15, -0.1) is 0 Å². The van der Waals surface area contributed by atoms with E-state index in [1.807, 2.05) is 0 Å². The fourth-order valence-electron chi connectivity index (χ4n) is 1.11. The molecule has 1 fully saturated rings. The molecule has 1 rings (SSSR count). The van der Waals surface area contributed by atoms with Crippen LogP contribution in [0.4, 0.5) is 0 Å². The number of carboxylic acids is 1. The van der Waals surface area contributed by atoms with Gasteiger partial charge in [-0.05, 0) is 25.3 Å². The Morgan fingerprint density at radius 2 is 2.36 bits per heavy atom. The highest BCUT2D eigenvalue weighted by Crippen LogP contribution is 2.13. The minimum absolute atomic E-state index is 0.0276. The molecule has 0 bridgehead atoms. The molecule has 0 aromatic carbocycles. The molecule has 1 atom stereocenters. The topological polar surface area (TPSA) is 46.5 Å². The van der Waals surface area contributed by atoms with E-state index in [-0.39, 0.29) is 6.10 Å². The van der Waals surface area contributed by atoms with Gasteiger partial charge in [0.25, 0.3) is 0 Å². The van der Waals surface area contributed by atoms with Crippen molar-refractivity contribution >= 4 is 5.97 Å². The Morgan fingerprint density at radius 3 is 2.91 bits per heavy atom. The first-order chi connectivity index (χ1) is 5.29. The van der Waals surface area contributed by atoms with Crippen molar-refractivity contribution in [2.45, 2.75) is 25.4 Å². The first kappa shape index (κ1) is 8.27. The molecule has 0 amide bonds. The van der Waals surface area contributed by atoms with E-state index in [4.69, 9.17) is 9.84 Å². The average Bonchev–Trinajstić information content (AvgIpc) is 2.03. The maximum Gasteiger partial charge on any atom is 0.328 e. The van der Waals surface area contributed by atoms with Crippen molar-refractivity contribution in [1.29, 1.82) is 0 Å². The Balaban J connectivity index is 2.29. The zero-order valence-electron chi connectivity index (χ0n) is 6.32. The standard InChI is InChI=1S/C8H12O3/c9-8(10)5-4-7-3-1-2-6-11-7/h4-5,7H,1-3,6H2,(H,9,10)/t7-/m0/s1. The van der Waals surface area contributed by atoms with Gasteiger partial charge in [0.1, 0.15) is 0 Å². The third kappa shape index (κ3) is 3.18. The van der Waals surface area contributed by atoms with Crippen LogP contribution < -0.4 is 0 Å². The number of carboxylic acid groups (broad SMARTS) is 1. The zero-order chi connectivity index (χ0) is 8.10. The highest BCUT2D eigenvalue weighted by atomic mass is 16.5. The van der Waals surface area contributed by atoms with Crippen molar-refractivity contribution in [3.63, 3.8) is 0 Å². The number of aliphatic carboxylic acids is 1. The molecule has 1 N–H and O–H groups in total. The molecule has 0 aromatic heterocycles. The zero-order valence-corrected chi connectivity index (χ0v) is 6.32. The van der Waals surface area contributed by atoms with E-state index in [2.05, 4.69) is 0 Å². The second-order valence-electron chi connectivity index (χ2n) is 2.60. The third-order valence-corrected chi connectivity index (χ3v) is 1.67. The summed E-state index contributed by atoms with van der Waals surface area (Å²) >= 11 is 0. The van der Waals surface area contributed by atoms with Gasteiger partial charge in [0.2, 0.25) is 0 Å². The van der Waals surface area contributed by atoms with Gasteiger partial charge in [0.05, 0.1) is 6.10 Å². The molecule has 0 aromatic rings. The van der Waals surface area contributed by atoms with Crippen LogP contribution in [0.2, 0.25) is 0 Å². The quantitative estimate of drug-likeness (QED) is 0.611. The van der Waals surface area contributed by atoms with Crippen LogP contribution in [0.15, 0.2) is 12.2 Å². The number of ether oxygens (including phenoxy) is 1. The molecule has 3 nitrogen and oxygen atoms in total. The van der Waals surface area contributed by atoms with Gasteiger partial charge in [0, 0.05) is 12.7 Å². The van der Waals surface area contributed by atoms with Crippen LogP contribution >= 0.6 is 0 Å². The largest absolute Gasteiger partial charge is 0.478 e. The number of hydrogen-bond donors (Lipinski definition) is 1. The smallest absolute Gasteiger partial charge is 0.328 e. The summed E-state index contributed by atoms with van der Waals surface area (Å²) in [5.41, 5.74) is 0. The molecule has 3 heteroatoms. The van der Waals surface area contributed by atoms with Crippen LogP contribution in [0.1, 0.15) is 19.3 Å². The van der Waals surface area contributed by atoms with Crippen molar-refractivity contribution in [3.05, 3.63) is 12.2 Å². The lowest BCUT2D eigenvalue weighted by atomic mass is 10.1. The van der Waals surface area contributed by atoms with Crippen LogP contribution in [-0.2, 0) is 9.53 Å². The number of rotatable bonds is 2. The van der Waals surface area contributed by atoms with Gasteiger partial charge in [0.15, 0.2) is 0 Å². The highest BCUT2D eigenvalue weighted by molar-refractivity contribution is 5.79. The molecule has 0 unspecified atom stereocenters. The lowest BCUT2D eigenvalue weighted by Gasteiger charge is -2.18. The van der Waals surface area contributed by atoms with Crippen molar-refractivity contribution in [2.75, 3.05) is 6.61 Å². The Labute approximate surface area is 65.7 Å². The molecule has 0 spiro atoms. The molecule has 0 saturated carbocycles. The van der Waals surface area contributed by atoms with Gasteiger partial charge in [-0.25, -0.2) is 4.79 Å². The van der Waals surface area contributed by atoms with E-state index in [0.717, 1.165) is 31.9 Å². The Kier molecular flexibility index (Phi) is 3.11. The van der Waals surface area contributed by atoms with E-state index < -0.39 is 5.97 Å². The highest BCUT2D eigenvalue weighted by Gasteiger charge is 2.09. The Bertz CT molecular complexity index is 157. The maximum atomic E-state index is 10.1. The molecule has 1 saturated heterocycles. The van der Waals surface area contributed by atoms with E-state index in [9.17, 15) is 4.79 Å². The van der Waals surface area contributed by atoms with Gasteiger partial charge >= 0.3 is 5.97 Å².